The standard InChI is InChI=1S/C8H16N2O2/c1-10(8(11)12-2)7-4-3-6(9)5-7/h6-7H,3-5,9H2,1-2H3. The van der Waals surface area contributed by atoms with Crippen molar-refractivity contribution in [2.24, 2.45) is 5.73 Å². The van der Waals surface area contributed by atoms with Gasteiger partial charge in [-0.1, -0.05) is 0 Å². The predicted octanol–water partition coefficient (Wildman–Crippen LogP) is 0.564. The Balaban J connectivity index is 2.42. The fourth-order valence-electron chi connectivity index (χ4n) is 1.64. The second-order valence-electron chi connectivity index (χ2n) is 3.31. The maximum absolute atomic E-state index is 11.1. The molecule has 12 heavy (non-hydrogen) atoms. The minimum Gasteiger partial charge on any atom is -0.453 e. The molecule has 0 aromatic heterocycles. The van der Waals surface area contributed by atoms with E-state index >= 15 is 0 Å². The molecule has 1 fully saturated rings. The topological polar surface area (TPSA) is 55.6 Å². The largest absolute Gasteiger partial charge is 0.453 e. The van der Waals surface area contributed by atoms with Crippen LogP contribution in [0.4, 0.5) is 4.79 Å². The highest BCUT2D eigenvalue weighted by molar-refractivity contribution is 5.67. The van der Waals surface area contributed by atoms with Gasteiger partial charge in [-0.15, -0.1) is 0 Å². The lowest BCUT2D eigenvalue weighted by Crippen LogP contribution is -2.36. The van der Waals surface area contributed by atoms with E-state index in [0.717, 1.165) is 19.3 Å². The van der Waals surface area contributed by atoms with Crippen LogP contribution in [0, 0.1) is 0 Å². The molecule has 2 atom stereocenters. The first kappa shape index (κ1) is 9.32. The fraction of sp³-hybridized carbons (Fsp3) is 0.875. The Bertz CT molecular complexity index is 172. The molecule has 2 N–H and O–H groups in total. The summed E-state index contributed by atoms with van der Waals surface area (Å²) in [4.78, 5) is 12.7. The highest BCUT2D eigenvalue weighted by atomic mass is 16.5. The summed E-state index contributed by atoms with van der Waals surface area (Å²) in [6, 6.07) is 0.523. The second kappa shape index (κ2) is 3.76. The number of nitrogens with two attached hydrogens (primary N) is 1. The van der Waals surface area contributed by atoms with E-state index in [4.69, 9.17) is 5.73 Å². The minimum atomic E-state index is -0.269. The van der Waals surface area contributed by atoms with Crippen LogP contribution in [0.3, 0.4) is 0 Å². The van der Waals surface area contributed by atoms with Crippen LogP contribution in [0.25, 0.3) is 0 Å². The molecule has 1 amide bonds. The van der Waals surface area contributed by atoms with Crippen LogP contribution >= 0.6 is 0 Å². The predicted molar refractivity (Wildman–Crippen MR) is 45.8 cm³/mol. The number of methoxy groups -OCH3 is 1. The van der Waals surface area contributed by atoms with Gasteiger partial charge in [0.25, 0.3) is 0 Å². The summed E-state index contributed by atoms with van der Waals surface area (Å²) in [6.45, 7) is 0. The summed E-state index contributed by atoms with van der Waals surface area (Å²) in [6.07, 6.45) is 2.62. The summed E-state index contributed by atoms with van der Waals surface area (Å²) in [5.74, 6) is 0. The zero-order chi connectivity index (χ0) is 9.14. The molecule has 70 valence electrons. The Morgan fingerprint density at radius 1 is 1.58 bits per heavy atom. The van der Waals surface area contributed by atoms with Crippen LogP contribution in [0.5, 0.6) is 0 Å². The summed E-state index contributed by atoms with van der Waals surface area (Å²) in [5, 5.41) is 0. The van der Waals surface area contributed by atoms with E-state index in [9.17, 15) is 4.79 Å². The van der Waals surface area contributed by atoms with Gasteiger partial charge < -0.3 is 15.4 Å². The molecule has 0 aromatic carbocycles. The van der Waals surface area contributed by atoms with Crippen LogP contribution in [-0.4, -0.2) is 37.2 Å². The van der Waals surface area contributed by atoms with E-state index in [0.29, 0.717) is 0 Å². The van der Waals surface area contributed by atoms with Crippen molar-refractivity contribution >= 4 is 6.09 Å². The number of carbonyl (C=O) groups is 1. The molecular weight excluding hydrogens is 156 g/mol. The van der Waals surface area contributed by atoms with E-state index in [1.54, 1.807) is 11.9 Å². The van der Waals surface area contributed by atoms with Crippen LogP contribution in [0.2, 0.25) is 0 Å². The lowest BCUT2D eigenvalue weighted by Gasteiger charge is -2.22. The van der Waals surface area contributed by atoms with Crippen molar-refractivity contribution in [1.29, 1.82) is 0 Å². The number of hydrogen-bond acceptors (Lipinski definition) is 3. The van der Waals surface area contributed by atoms with Gasteiger partial charge in [-0.2, -0.15) is 0 Å². The average Bonchev–Trinajstić information content (AvgIpc) is 2.49. The molecular formula is C8H16N2O2. The normalized spacial score (nSPS) is 28.6. The molecule has 0 aromatic rings. The Labute approximate surface area is 72.7 Å². The number of amides is 1. The third kappa shape index (κ3) is 1.88. The minimum absolute atomic E-state index is 0.252. The fourth-order valence-corrected chi connectivity index (χ4v) is 1.64. The number of hydrogen-bond donors (Lipinski definition) is 1. The van der Waals surface area contributed by atoms with Crippen LogP contribution in [-0.2, 0) is 4.74 Å². The van der Waals surface area contributed by atoms with Crippen molar-refractivity contribution in [3.63, 3.8) is 0 Å². The zero-order valence-electron chi connectivity index (χ0n) is 7.62. The molecule has 1 rings (SSSR count). The highest BCUT2D eigenvalue weighted by Crippen LogP contribution is 2.21. The van der Waals surface area contributed by atoms with Gasteiger partial charge in [0.2, 0.25) is 0 Å². The Morgan fingerprint density at radius 2 is 2.25 bits per heavy atom. The number of nitrogens with zero attached hydrogens (tertiary/aromatic N) is 1. The van der Waals surface area contributed by atoms with E-state index in [1.165, 1.54) is 7.11 Å². The van der Waals surface area contributed by atoms with Gasteiger partial charge >= 0.3 is 6.09 Å². The SMILES string of the molecule is COC(=O)N(C)C1CCC(N)C1. The summed E-state index contributed by atoms with van der Waals surface area (Å²) >= 11 is 0. The number of ether oxygens (including phenoxy) is 1. The van der Waals surface area contributed by atoms with Crippen LogP contribution in [0.15, 0.2) is 0 Å². The van der Waals surface area contributed by atoms with E-state index in [-0.39, 0.29) is 18.2 Å². The number of carbonyl (C=O) groups excluding carboxylic acids is 1. The van der Waals surface area contributed by atoms with Gasteiger partial charge in [-0.05, 0) is 19.3 Å². The average molecular weight is 172 g/mol. The Hall–Kier alpha value is -0.770. The third-order valence-electron chi connectivity index (χ3n) is 2.46. The van der Waals surface area contributed by atoms with Gasteiger partial charge in [0.15, 0.2) is 0 Å². The Kier molecular flexibility index (Phi) is 2.92. The maximum atomic E-state index is 11.1. The highest BCUT2D eigenvalue weighted by Gasteiger charge is 2.27. The second-order valence-corrected chi connectivity index (χ2v) is 3.31. The molecule has 0 radical (unpaired) electrons. The molecule has 0 spiro atoms. The molecule has 0 bridgehead atoms. The van der Waals surface area contributed by atoms with Crippen molar-refractivity contribution in [2.45, 2.75) is 31.3 Å². The molecule has 0 heterocycles. The van der Waals surface area contributed by atoms with E-state index in [1.807, 2.05) is 0 Å². The Morgan fingerprint density at radius 3 is 2.67 bits per heavy atom. The molecule has 1 saturated carbocycles. The number of rotatable bonds is 1. The smallest absolute Gasteiger partial charge is 0.409 e. The van der Waals surface area contributed by atoms with Gasteiger partial charge in [0, 0.05) is 19.1 Å². The van der Waals surface area contributed by atoms with E-state index < -0.39 is 0 Å². The van der Waals surface area contributed by atoms with Gasteiger partial charge in [0.1, 0.15) is 0 Å². The zero-order valence-corrected chi connectivity index (χ0v) is 7.62. The van der Waals surface area contributed by atoms with Gasteiger partial charge in [0.05, 0.1) is 7.11 Å². The molecule has 1 aliphatic carbocycles. The first-order valence-electron chi connectivity index (χ1n) is 4.21. The van der Waals surface area contributed by atoms with Crippen LogP contribution < -0.4 is 5.73 Å². The van der Waals surface area contributed by atoms with Crippen molar-refractivity contribution in [3.8, 4) is 0 Å². The van der Waals surface area contributed by atoms with Crippen molar-refractivity contribution < 1.29 is 9.53 Å². The summed E-state index contributed by atoms with van der Waals surface area (Å²) in [5.41, 5.74) is 5.73. The molecule has 4 nitrogen and oxygen atoms in total. The van der Waals surface area contributed by atoms with Gasteiger partial charge in [-0.3, -0.25) is 0 Å². The lowest BCUT2D eigenvalue weighted by molar-refractivity contribution is 0.118. The summed E-state index contributed by atoms with van der Waals surface area (Å²) < 4.78 is 4.61. The lowest BCUT2D eigenvalue weighted by atomic mass is 10.2. The van der Waals surface area contributed by atoms with Crippen molar-refractivity contribution in [2.75, 3.05) is 14.2 Å². The first-order chi connectivity index (χ1) is 5.65. The quantitative estimate of drug-likeness (QED) is 0.629. The van der Waals surface area contributed by atoms with Gasteiger partial charge in [-0.25, -0.2) is 4.79 Å². The molecule has 1 aliphatic rings. The van der Waals surface area contributed by atoms with Crippen molar-refractivity contribution in [3.05, 3.63) is 0 Å². The molecule has 2 unspecified atom stereocenters. The van der Waals surface area contributed by atoms with Crippen molar-refractivity contribution in [1.82, 2.24) is 4.90 Å². The summed E-state index contributed by atoms with van der Waals surface area (Å²) in [7, 11) is 3.16. The molecule has 0 saturated heterocycles. The molecule has 0 aliphatic heterocycles. The van der Waals surface area contributed by atoms with Crippen LogP contribution in [0.1, 0.15) is 19.3 Å². The third-order valence-corrected chi connectivity index (χ3v) is 2.46. The maximum Gasteiger partial charge on any atom is 0.409 e. The monoisotopic (exact) mass is 172 g/mol. The first-order valence-corrected chi connectivity index (χ1v) is 4.21. The molecule has 4 heteroatoms. The van der Waals surface area contributed by atoms with E-state index in [2.05, 4.69) is 4.74 Å².